The second-order valence-corrected chi connectivity index (χ2v) is 14.5. The van der Waals surface area contributed by atoms with Crippen molar-refractivity contribution in [3.05, 3.63) is 212 Å². The largest absolute Gasteiger partial charge is 0.456 e. The molecule has 0 aliphatic heterocycles. The van der Waals surface area contributed by atoms with Crippen molar-refractivity contribution in [2.24, 2.45) is 0 Å². The number of hydrogen-bond donors (Lipinski definition) is 0. The molecule has 2 nitrogen and oxygen atoms in total. The van der Waals surface area contributed by atoms with Crippen LogP contribution in [0.15, 0.2) is 217 Å². The summed E-state index contributed by atoms with van der Waals surface area (Å²) >= 11 is 0. The first-order chi connectivity index (χ1) is 27.8. The molecule has 0 amide bonds. The molecule has 1 heterocycles. The Balaban J connectivity index is 1.02. The van der Waals surface area contributed by atoms with Crippen molar-refractivity contribution in [1.82, 2.24) is 0 Å². The summed E-state index contributed by atoms with van der Waals surface area (Å²) in [5.74, 6) is 0. The minimum Gasteiger partial charge on any atom is -0.456 e. The molecule has 262 valence electrons. The van der Waals surface area contributed by atoms with Crippen LogP contribution in [0.2, 0.25) is 0 Å². The summed E-state index contributed by atoms with van der Waals surface area (Å²) in [4.78, 5) is 2.34. The van der Waals surface area contributed by atoms with Crippen LogP contribution in [0.5, 0.6) is 0 Å². The highest BCUT2D eigenvalue weighted by molar-refractivity contribution is 6.34. The van der Waals surface area contributed by atoms with Gasteiger partial charge in [-0.15, -0.1) is 0 Å². The normalized spacial score (nSPS) is 11.6. The Morgan fingerprint density at radius 1 is 0.250 bits per heavy atom. The molecule has 11 aromatic rings. The third-order valence-corrected chi connectivity index (χ3v) is 11.3. The van der Waals surface area contributed by atoms with E-state index in [1.165, 1.54) is 71.1 Å². The molecule has 0 fully saturated rings. The second-order valence-electron chi connectivity index (χ2n) is 14.5. The van der Waals surface area contributed by atoms with Crippen LogP contribution in [0.4, 0.5) is 17.1 Å². The van der Waals surface area contributed by atoms with E-state index in [-0.39, 0.29) is 0 Å². The number of nitrogens with zero attached hydrogens (tertiary/aromatic N) is 1. The highest BCUT2D eigenvalue weighted by Crippen LogP contribution is 2.44. The minimum absolute atomic E-state index is 0.918. The fraction of sp³-hybridized carbons (Fsp3) is 0. The Morgan fingerprint density at radius 3 is 1.25 bits per heavy atom. The van der Waals surface area contributed by atoms with Gasteiger partial charge in [-0.1, -0.05) is 152 Å². The molecule has 56 heavy (non-hydrogen) atoms. The van der Waals surface area contributed by atoms with E-state index in [1.807, 2.05) is 6.07 Å². The summed E-state index contributed by atoms with van der Waals surface area (Å²) in [7, 11) is 0. The first-order valence-electron chi connectivity index (χ1n) is 19.2. The standard InChI is InChI=1S/C54H35NO/c1-3-11-36(12-4-1)38-19-26-42(27-20-38)55(43-28-21-39(22-29-43)37-13-5-2-6-14-37)44-30-23-40(24-31-44)41-25-32-46-45-15-7-8-16-47(45)53-48(50(46)35-41)33-34-52-54(53)49-17-9-10-18-51(49)56-52/h1-35H. The molecular formula is C54H35NO. The van der Waals surface area contributed by atoms with Gasteiger partial charge in [0.2, 0.25) is 0 Å². The Morgan fingerprint density at radius 2 is 0.661 bits per heavy atom. The van der Waals surface area contributed by atoms with E-state index >= 15 is 0 Å². The van der Waals surface area contributed by atoms with E-state index in [0.717, 1.165) is 33.6 Å². The SMILES string of the molecule is c1ccc(-c2ccc(N(c3ccc(-c4ccccc4)cc3)c3ccc(-c4ccc5c6ccccc6c6c(ccc7oc8ccccc8c76)c5c4)cc3)cc2)cc1. The number of fused-ring (bicyclic) bond motifs is 10. The number of benzene rings is 10. The highest BCUT2D eigenvalue weighted by Gasteiger charge is 2.18. The maximum absolute atomic E-state index is 6.36. The van der Waals surface area contributed by atoms with Crippen molar-refractivity contribution in [1.29, 1.82) is 0 Å². The van der Waals surface area contributed by atoms with Gasteiger partial charge in [0.05, 0.1) is 0 Å². The lowest BCUT2D eigenvalue weighted by molar-refractivity contribution is 0.669. The van der Waals surface area contributed by atoms with E-state index in [9.17, 15) is 0 Å². The van der Waals surface area contributed by atoms with E-state index in [0.29, 0.717) is 0 Å². The molecule has 0 saturated heterocycles. The molecule has 0 spiro atoms. The van der Waals surface area contributed by atoms with Gasteiger partial charge in [0.1, 0.15) is 11.2 Å². The van der Waals surface area contributed by atoms with Gasteiger partial charge in [-0.05, 0) is 121 Å². The molecule has 0 unspecified atom stereocenters. The molecule has 0 radical (unpaired) electrons. The van der Waals surface area contributed by atoms with Gasteiger partial charge < -0.3 is 9.32 Å². The maximum atomic E-state index is 6.36. The number of rotatable bonds is 6. The Labute approximate surface area is 325 Å². The molecule has 0 atom stereocenters. The van der Waals surface area contributed by atoms with Crippen LogP contribution in [-0.2, 0) is 0 Å². The quantitative estimate of drug-likeness (QED) is 0.160. The zero-order valence-electron chi connectivity index (χ0n) is 30.6. The lowest BCUT2D eigenvalue weighted by Gasteiger charge is -2.26. The van der Waals surface area contributed by atoms with Crippen molar-refractivity contribution in [2.45, 2.75) is 0 Å². The van der Waals surface area contributed by atoms with Crippen LogP contribution < -0.4 is 4.90 Å². The zero-order chi connectivity index (χ0) is 37.0. The molecule has 1 aromatic heterocycles. The van der Waals surface area contributed by atoms with Crippen LogP contribution in [0.3, 0.4) is 0 Å². The third-order valence-electron chi connectivity index (χ3n) is 11.3. The summed E-state index contributed by atoms with van der Waals surface area (Å²) in [6.45, 7) is 0. The van der Waals surface area contributed by atoms with Crippen molar-refractivity contribution in [3.63, 3.8) is 0 Å². The smallest absolute Gasteiger partial charge is 0.136 e. The Hall–Kier alpha value is -7.42. The van der Waals surface area contributed by atoms with Gasteiger partial charge in [0.15, 0.2) is 0 Å². The first-order valence-corrected chi connectivity index (χ1v) is 19.2. The van der Waals surface area contributed by atoms with E-state index < -0.39 is 0 Å². The topological polar surface area (TPSA) is 16.4 Å². The number of hydrogen-bond acceptors (Lipinski definition) is 2. The Kier molecular flexibility index (Phi) is 7.53. The lowest BCUT2D eigenvalue weighted by Crippen LogP contribution is -2.09. The van der Waals surface area contributed by atoms with Crippen LogP contribution in [0, 0.1) is 0 Å². The van der Waals surface area contributed by atoms with Gasteiger partial charge in [-0.25, -0.2) is 0 Å². The maximum Gasteiger partial charge on any atom is 0.136 e. The molecule has 0 aliphatic carbocycles. The van der Waals surface area contributed by atoms with Crippen molar-refractivity contribution in [2.75, 3.05) is 4.90 Å². The number of anilines is 3. The van der Waals surface area contributed by atoms with Gasteiger partial charge in [-0.3, -0.25) is 0 Å². The molecule has 0 bridgehead atoms. The molecule has 0 saturated carbocycles. The van der Waals surface area contributed by atoms with E-state index in [1.54, 1.807) is 0 Å². The highest BCUT2D eigenvalue weighted by atomic mass is 16.3. The van der Waals surface area contributed by atoms with Crippen molar-refractivity contribution >= 4 is 71.3 Å². The molecule has 0 aliphatic rings. The van der Waals surface area contributed by atoms with Crippen molar-refractivity contribution < 1.29 is 4.42 Å². The monoisotopic (exact) mass is 713 g/mol. The van der Waals surface area contributed by atoms with Crippen LogP contribution >= 0.6 is 0 Å². The molecular weight excluding hydrogens is 679 g/mol. The van der Waals surface area contributed by atoms with E-state index in [2.05, 4.69) is 211 Å². The summed E-state index contributed by atoms with van der Waals surface area (Å²) in [6, 6.07) is 76.3. The summed E-state index contributed by atoms with van der Waals surface area (Å²) in [5, 5.41) is 9.81. The second kappa shape index (κ2) is 13.2. The van der Waals surface area contributed by atoms with Crippen LogP contribution in [0.1, 0.15) is 0 Å². The molecule has 10 aromatic carbocycles. The van der Waals surface area contributed by atoms with Gasteiger partial charge in [-0.2, -0.15) is 0 Å². The fourth-order valence-corrected chi connectivity index (χ4v) is 8.56. The first kappa shape index (κ1) is 32.0. The average Bonchev–Trinajstić information content (AvgIpc) is 3.67. The minimum atomic E-state index is 0.918. The van der Waals surface area contributed by atoms with Gasteiger partial charge in [0, 0.05) is 33.2 Å². The Bertz CT molecular complexity index is 3120. The van der Waals surface area contributed by atoms with Crippen molar-refractivity contribution in [3.8, 4) is 33.4 Å². The number of furan rings is 1. The molecule has 0 N–H and O–H groups in total. The third kappa shape index (κ3) is 5.34. The van der Waals surface area contributed by atoms with Crippen LogP contribution in [-0.4, -0.2) is 0 Å². The summed E-state index contributed by atoms with van der Waals surface area (Å²) in [6.07, 6.45) is 0. The van der Waals surface area contributed by atoms with E-state index in [4.69, 9.17) is 4.42 Å². The molecule has 11 rings (SSSR count). The fourth-order valence-electron chi connectivity index (χ4n) is 8.56. The summed E-state index contributed by atoms with van der Waals surface area (Å²) in [5.41, 5.74) is 12.3. The lowest BCUT2D eigenvalue weighted by atomic mass is 9.90. The summed E-state index contributed by atoms with van der Waals surface area (Å²) < 4.78 is 6.36. The zero-order valence-corrected chi connectivity index (χ0v) is 30.6. The van der Waals surface area contributed by atoms with Gasteiger partial charge in [0.25, 0.3) is 0 Å². The predicted molar refractivity (Wildman–Crippen MR) is 237 cm³/mol. The number of para-hydroxylation sites is 1. The van der Waals surface area contributed by atoms with Crippen LogP contribution in [0.25, 0.3) is 87.6 Å². The van der Waals surface area contributed by atoms with Gasteiger partial charge >= 0.3 is 0 Å². The molecule has 2 heteroatoms. The predicted octanol–water partition coefficient (Wildman–Crippen LogP) is 15.5. The average molecular weight is 714 g/mol.